The zero-order valence-electron chi connectivity index (χ0n) is 12.5. The summed E-state index contributed by atoms with van der Waals surface area (Å²) in [6.45, 7) is 5.67. The normalized spacial score (nSPS) is 24.4. The first-order chi connectivity index (χ1) is 10.2. The van der Waals surface area contributed by atoms with Crippen LogP contribution in [0.2, 0.25) is 0 Å². The first-order valence-electron chi connectivity index (χ1n) is 7.41. The largest absolute Gasteiger partial charge is 0.487 e. The van der Waals surface area contributed by atoms with E-state index in [-0.39, 0.29) is 17.9 Å². The lowest BCUT2D eigenvalue weighted by Gasteiger charge is -2.44. The standard InChI is InChI=1S/C15H22N2O4/c1-3-8-16-13-10-14(15(13)20-4-2)21-12-7-5-6-11(9-12)17(18)19/h5-7,9,13-16H,3-4,8,10H2,1-2H3. The number of ether oxygens (including phenoxy) is 2. The highest BCUT2D eigenvalue weighted by atomic mass is 16.6. The molecular weight excluding hydrogens is 272 g/mol. The van der Waals surface area contributed by atoms with Crippen LogP contribution in [0.3, 0.4) is 0 Å². The van der Waals surface area contributed by atoms with E-state index in [1.165, 1.54) is 12.1 Å². The summed E-state index contributed by atoms with van der Waals surface area (Å²) in [7, 11) is 0. The Morgan fingerprint density at radius 2 is 2.24 bits per heavy atom. The van der Waals surface area contributed by atoms with Gasteiger partial charge in [0.05, 0.1) is 11.0 Å². The third-order valence-electron chi connectivity index (χ3n) is 3.58. The van der Waals surface area contributed by atoms with Gasteiger partial charge in [0.15, 0.2) is 0 Å². The van der Waals surface area contributed by atoms with Gasteiger partial charge < -0.3 is 14.8 Å². The number of hydrogen-bond donors (Lipinski definition) is 1. The maximum absolute atomic E-state index is 10.8. The average Bonchev–Trinajstić information content (AvgIpc) is 2.48. The summed E-state index contributed by atoms with van der Waals surface area (Å²) in [6, 6.07) is 6.58. The van der Waals surface area contributed by atoms with Crippen LogP contribution in [0.4, 0.5) is 5.69 Å². The van der Waals surface area contributed by atoms with Crippen LogP contribution in [0.5, 0.6) is 5.75 Å². The van der Waals surface area contributed by atoms with Gasteiger partial charge in [-0.3, -0.25) is 10.1 Å². The summed E-state index contributed by atoms with van der Waals surface area (Å²) in [5, 5.41) is 14.2. The Labute approximate surface area is 124 Å². The molecule has 0 radical (unpaired) electrons. The molecule has 1 N–H and O–H groups in total. The minimum atomic E-state index is -0.417. The number of hydrogen-bond acceptors (Lipinski definition) is 5. The molecule has 0 aromatic heterocycles. The molecule has 2 rings (SSSR count). The van der Waals surface area contributed by atoms with Crippen LogP contribution in [0.25, 0.3) is 0 Å². The molecule has 1 aromatic rings. The number of nitrogens with zero attached hydrogens (tertiary/aromatic N) is 1. The molecule has 0 amide bonds. The summed E-state index contributed by atoms with van der Waals surface area (Å²) >= 11 is 0. The minimum absolute atomic E-state index is 0.000752. The van der Waals surface area contributed by atoms with E-state index in [1.807, 2.05) is 6.92 Å². The Morgan fingerprint density at radius 1 is 1.43 bits per heavy atom. The van der Waals surface area contributed by atoms with Crippen molar-refractivity contribution in [2.45, 2.75) is 44.9 Å². The fourth-order valence-electron chi connectivity index (χ4n) is 2.49. The zero-order chi connectivity index (χ0) is 15.2. The van der Waals surface area contributed by atoms with Gasteiger partial charge in [-0.2, -0.15) is 0 Å². The number of benzene rings is 1. The lowest BCUT2D eigenvalue weighted by molar-refractivity contribution is -0.385. The quantitative estimate of drug-likeness (QED) is 0.589. The summed E-state index contributed by atoms with van der Waals surface area (Å²) in [5.41, 5.74) is 0.0421. The van der Waals surface area contributed by atoms with Gasteiger partial charge in [0, 0.05) is 25.1 Å². The van der Waals surface area contributed by atoms with Gasteiger partial charge in [0.25, 0.3) is 5.69 Å². The number of rotatable bonds is 8. The van der Waals surface area contributed by atoms with E-state index in [0.29, 0.717) is 18.4 Å². The van der Waals surface area contributed by atoms with Gasteiger partial charge in [-0.25, -0.2) is 0 Å². The maximum atomic E-state index is 10.8. The molecular formula is C15H22N2O4. The molecule has 1 aromatic carbocycles. The number of nitrogens with one attached hydrogen (secondary N) is 1. The molecule has 6 heteroatoms. The van der Waals surface area contributed by atoms with Crippen molar-refractivity contribution in [1.29, 1.82) is 0 Å². The number of non-ortho nitro benzene ring substituents is 1. The Balaban J connectivity index is 1.96. The summed E-state index contributed by atoms with van der Waals surface area (Å²) in [4.78, 5) is 10.4. The van der Waals surface area contributed by atoms with Gasteiger partial charge >= 0.3 is 0 Å². The van der Waals surface area contributed by atoms with Crippen molar-refractivity contribution >= 4 is 5.69 Å². The highest BCUT2D eigenvalue weighted by Gasteiger charge is 2.43. The fraction of sp³-hybridized carbons (Fsp3) is 0.600. The molecule has 21 heavy (non-hydrogen) atoms. The van der Waals surface area contributed by atoms with Gasteiger partial charge in [-0.15, -0.1) is 0 Å². The SMILES string of the molecule is CCCNC1CC(Oc2cccc([N+](=O)[O-])c2)C1OCC. The van der Waals surface area contributed by atoms with Crippen LogP contribution in [0.1, 0.15) is 26.7 Å². The van der Waals surface area contributed by atoms with Crippen molar-refractivity contribution in [2.24, 2.45) is 0 Å². The van der Waals surface area contributed by atoms with Crippen LogP contribution >= 0.6 is 0 Å². The van der Waals surface area contributed by atoms with Crippen LogP contribution in [0, 0.1) is 10.1 Å². The molecule has 3 unspecified atom stereocenters. The van der Waals surface area contributed by atoms with E-state index in [0.717, 1.165) is 19.4 Å². The Bertz CT molecular complexity index is 480. The van der Waals surface area contributed by atoms with Gasteiger partial charge in [0.2, 0.25) is 0 Å². The second-order valence-electron chi connectivity index (χ2n) is 5.13. The van der Waals surface area contributed by atoms with E-state index in [2.05, 4.69) is 12.2 Å². The molecule has 116 valence electrons. The first kappa shape index (κ1) is 15.7. The van der Waals surface area contributed by atoms with E-state index in [1.54, 1.807) is 12.1 Å². The second kappa shape index (κ2) is 7.38. The molecule has 0 aliphatic heterocycles. The average molecular weight is 294 g/mol. The van der Waals surface area contributed by atoms with Crippen LogP contribution < -0.4 is 10.1 Å². The first-order valence-corrected chi connectivity index (χ1v) is 7.41. The lowest BCUT2D eigenvalue weighted by Crippen LogP contribution is -2.61. The third kappa shape index (κ3) is 3.92. The van der Waals surface area contributed by atoms with Gasteiger partial charge in [-0.1, -0.05) is 13.0 Å². The van der Waals surface area contributed by atoms with E-state index in [4.69, 9.17) is 9.47 Å². The van der Waals surface area contributed by atoms with Crippen molar-refractivity contribution in [2.75, 3.05) is 13.2 Å². The molecule has 3 atom stereocenters. The number of nitro benzene ring substituents is 1. The highest BCUT2D eigenvalue weighted by Crippen LogP contribution is 2.30. The predicted molar refractivity (Wildman–Crippen MR) is 79.6 cm³/mol. The van der Waals surface area contributed by atoms with E-state index in [9.17, 15) is 10.1 Å². The maximum Gasteiger partial charge on any atom is 0.273 e. The Kier molecular flexibility index (Phi) is 5.52. The molecule has 0 saturated heterocycles. The molecule has 0 bridgehead atoms. The Hall–Kier alpha value is -1.66. The molecule has 1 fully saturated rings. The van der Waals surface area contributed by atoms with Gasteiger partial charge in [0.1, 0.15) is 18.0 Å². The molecule has 1 aliphatic rings. The summed E-state index contributed by atoms with van der Waals surface area (Å²) in [6.07, 6.45) is 1.88. The molecule has 1 saturated carbocycles. The highest BCUT2D eigenvalue weighted by molar-refractivity contribution is 5.38. The minimum Gasteiger partial charge on any atom is -0.487 e. The topological polar surface area (TPSA) is 73.6 Å². The van der Waals surface area contributed by atoms with Crippen molar-refractivity contribution in [3.63, 3.8) is 0 Å². The molecule has 6 nitrogen and oxygen atoms in total. The van der Waals surface area contributed by atoms with Crippen LogP contribution in [-0.2, 0) is 4.74 Å². The van der Waals surface area contributed by atoms with Crippen molar-refractivity contribution in [3.05, 3.63) is 34.4 Å². The zero-order valence-corrected chi connectivity index (χ0v) is 12.5. The smallest absolute Gasteiger partial charge is 0.273 e. The number of nitro groups is 1. The summed E-state index contributed by atoms with van der Waals surface area (Å²) in [5.74, 6) is 0.521. The van der Waals surface area contributed by atoms with Gasteiger partial charge in [-0.05, 0) is 26.0 Å². The lowest BCUT2D eigenvalue weighted by atomic mass is 9.85. The molecule has 0 heterocycles. The Morgan fingerprint density at radius 3 is 2.90 bits per heavy atom. The fourth-order valence-corrected chi connectivity index (χ4v) is 2.49. The van der Waals surface area contributed by atoms with Crippen molar-refractivity contribution < 1.29 is 14.4 Å². The monoisotopic (exact) mass is 294 g/mol. The molecule has 0 spiro atoms. The van der Waals surface area contributed by atoms with Crippen LogP contribution in [-0.4, -0.2) is 36.3 Å². The summed E-state index contributed by atoms with van der Waals surface area (Å²) < 4.78 is 11.6. The van der Waals surface area contributed by atoms with Crippen molar-refractivity contribution in [3.8, 4) is 5.75 Å². The molecule has 1 aliphatic carbocycles. The van der Waals surface area contributed by atoms with Crippen molar-refractivity contribution in [1.82, 2.24) is 5.32 Å². The van der Waals surface area contributed by atoms with Crippen LogP contribution in [0.15, 0.2) is 24.3 Å². The third-order valence-corrected chi connectivity index (χ3v) is 3.58. The van der Waals surface area contributed by atoms with E-state index >= 15 is 0 Å². The van der Waals surface area contributed by atoms with E-state index < -0.39 is 4.92 Å². The predicted octanol–water partition coefficient (Wildman–Crippen LogP) is 2.52. The second-order valence-corrected chi connectivity index (χ2v) is 5.13.